The Bertz CT molecular complexity index is 1200. The second kappa shape index (κ2) is 10.2. The van der Waals surface area contributed by atoms with E-state index in [1.54, 1.807) is 36.4 Å². The summed E-state index contributed by atoms with van der Waals surface area (Å²) in [5.74, 6) is 0.00148. The van der Waals surface area contributed by atoms with Crippen molar-refractivity contribution in [3.05, 3.63) is 98.5 Å². The number of ether oxygens (including phenoxy) is 1. The summed E-state index contributed by atoms with van der Waals surface area (Å²) in [6.45, 7) is 4.26. The van der Waals surface area contributed by atoms with Crippen molar-refractivity contribution >= 4 is 40.9 Å². The third-order valence-corrected chi connectivity index (χ3v) is 5.09. The van der Waals surface area contributed by atoms with Crippen molar-refractivity contribution in [2.45, 2.75) is 20.5 Å². The maximum atomic E-state index is 12.5. The van der Waals surface area contributed by atoms with Gasteiger partial charge in [-0.1, -0.05) is 65.2 Å². The molecule has 0 heterocycles. The van der Waals surface area contributed by atoms with Crippen LogP contribution >= 0.6 is 23.2 Å². The first-order valence-corrected chi connectivity index (χ1v) is 10.3. The largest absolute Gasteiger partial charge is 0.487 e. The lowest BCUT2D eigenvalue weighted by Crippen LogP contribution is -2.14. The minimum Gasteiger partial charge on any atom is -0.487 e. The van der Waals surface area contributed by atoms with Crippen molar-refractivity contribution in [2.24, 2.45) is 0 Å². The Labute approximate surface area is 191 Å². The van der Waals surface area contributed by atoms with E-state index in [1.165, 1.54) is 6.08 Å². The molecule has 3 rings (SSSR count). The maximum Gasteiger partial charge on any atom is 0.266 e. The van der Waals surface area contributed by atoms with Crippen LogP contribution in [0.4, 0.5) is 5.69 Å². The number of benzene rings is 3. The van der Waals surface area contributed by atoms with Crippen LogP contribution in [-0.2, 0) is 11.4 Å². The molecule has 156 valence electrons. The highest BCUT2D eigenvalue weighted by atomic mass is 35.5. The minimum absolute atomic E-state index is 0.0520. The molecule has 31 heavy (non-hydrogen) atoms. The average molecular weight is 451 g/mol. The number of carbonyl (C=O) groups excluding carboxylic acids is 1. The lowest BCUT2D eigenvalue weighted by Gasteiger charge is -2.10. The summed E-state index contributed by atoms with van der Waals surface area (Å²) in [6, 6.07) is 20.2. The van der Waals surface area contributed by atoms with Crippen LogP contribution in [0.1, 0.15) is 22.3 Å². The number of aryl methyl sites for hydroxylation is 2. The average Bonchev–Trinajstić information content (AvgIpc) is 2.74. The van der Waals surface area contributed by atoms with Crippen molar-refractivity contribution in [1.29, 1.82) is 5.26 Å². The molecule has 3 aromatic carbocycles. The molecule has 0 aliphatic heterocycles. The summed E-state index contributed by atoms with van der Waals surface area (Å²) in [5, 5.41) is 13.1. The predicted octanol–water partition coefficient (Wildman–Crippen LogP) is 6.73. The summed E-state index contributed by atoms with van der Waals surface area (Å²) >= 11 is 12.3. The number of anilines is 1. The third kappa shape index (κ3) is 6.11. The minimum atomic E-state index is -0.524. The molecule has 1 amide bonds. The van der Waals surface area contributed by atoms with Crippen LogP contribution in [0, 0.1) is 25.2 Å². The highest BCUT2D eigenvalue weighted by molar-refractivity contribution is 6.32. The molecule has 0 radical (unpaired) electrons. The Morgan fingerprint density at radius 3 is 2.61 bits per heavy atom. The van der Waals surface area contributed by atoms with Gasteiger partial charge in [-0.3, -0.25) is 4.79 Å². The van der Waals surface area contributed by atoms with Crippen LogP contribution in [0.15, 0.2) is 66.2 Å². The number of carbonyl (C=O) groups is 1. The van der Waals surface area contributed by atoms with Crippen LogP contribution in [0.3, 0.4) is 0 Å². The fourth-order valence-corrected chi connectivity index (χ4v) is 3.34. The van der Waals surface area contributed by atoms with Crippen LogP contribution in [0.2, 0.25) is 10.0 Å². The Morgan fingerprint density at radius 2 is 1.90 bits per heavy atom. The number of nitriles is 1. The van der Waals surface area contributed by atoms with Gasteiger partial charge in [0.25, 0.3) is 5.91 Å². The molecule has 0 aromatic heterocycles. The summed E-state index contributed by atoms with van der Waals surface area (Å²) in [5.41, 5.74) is 4.15. The van der Waals surface area contributed by atoms with Gasteiger partial charge in [-0.2, -0.15) is 5.26 Å². The molecule has 0 saturated carbocycles. The summed E-state index contributed by atoms with van der Waals surface area (Å²) in [7, 11) is 0. The number of nitrogens with zero attached hydrogens (tertiary/aromatic N) is 1. The normalized spacial score (nSPS) is 11.0. The maximum absolute atomic E-state index is 12.5. The molecular formula is C25H20Cl2N2O2. The fraction of sp³-hybridized carbons (Fsp3) is 0.120. The Balaban J connectivity index is 1.73. The van der Waals surface area contributed by atoms with E-state index in [0.717, 1.165) is 16.7 Å². The number of halogens is 2. The first-order valence-electron chi connectivity index (χ1n) is 9.53. The smallest absolute Gasteiger partial charge is 0.266 e. The molecule has 0 fully saturated rings. The topological polar surface area (TPSA) is 62.1 Å². The van der Waals surface area contributed by atoms with Crippen LogP contribution < -0.4 is 10.1 Å². The highest BCUT2D eigenvalue weighted by Gasteiger charge is 2.12. The van der Waals surface area contributed by atoms with Crippen LogP contribution in [0.5, 0.6) is 5.75 Å². The molecule has 3 aromatic rings. The Morgan fingerprint density at radius 1 is 1.10 bits per heavy atom. The number of hydrogen-bond acceptors (Lipinski definition) is 3. The van der Waals surface area contributed by atoms with E-state index in [9.17, 15) is 10.1 Å². The van der Waals surface area contributed by atoms with Gasteiger partial charge in [0.15, 0.2) is 0 Å². The van der Waals surface area contributed by atoms with Gasteiger partial charge in [0.2, 0.25) is 0 Å². The number of rotatable bonds is 6. The number of hydrogen-bond donors (Lipinski definition) is 1. The second-order valence-electron chi connectivity index (χ2n) is 7.05. The van der Waals surface area contributed by atoms with Gasteiger partial charge >= 0.3 is 0 Å². The second-order valence-corrected chi connectivity index (χ2v) is 7.89. The van der Waals surface area contributed by atoms with Gasteiger partial charge < -0.3 is 10.1 Å². The molecule has 4 nitrogen and oxygen atoms in total. The molecule has 1 N–H and O–H groups in total. The first kappa shape index (κ1) is 22.4. The van der Waals surface area contributed by atoms with E-state index >= 15 is 0 Å². The van der Waals surface area contributed by atoms with Gasteiger partial charge in [-0.05, 0) is 60.9 Å². The summed E-state index contributed by atoms with van der Waals surface area (Å²) < 4.78 is 5.81. The van der Waals surface area contributed by atoms with E-state index in [-0.39, 0.29) is 5.57 Å². The lowest BCUT2D eigenvalue weighted by molar-refractivity contribution is -0.112. The zero-order valence-corrected chi connectivity index (χ0v) is 18.6. The molecule has 0 atom stereocenters. The molecule has 0 spiro atoms. The molecule has 0 aliphatic carbocycles. The summed E-state index contributed by atoms with van der Waals surface area (Å²) in [6.07, 6.45) is 1.48. The molecule has 0 aliphatic rings. The van der Waals surface area contributed by atoms with Crippen molar-refractivity contribution in [1.82, 2.24) is 0 Å². The number of amides is 1. The lowest BCUT2D eigenvalue weighted by atomic mass is 10.1. The Hall–Kier alpha value is -3.26. The summed E-state index contributed by atoms with van der Waals surface area (Å²) in [4.78, 5) is 12.5. The molecule has 0 bridgehead atoms. The zero-order chi connectivity index (χ0) is 22.4. The van der Waals surface area contributed by atoms with E-state index in [2.05, 4.69) is 5.32 Å². The zero-order valence-electron chi connectivity index (χ0n) is 17.1. The van der Waals surface area contributed by atoms with Gasteiger partial charge in [0.05, 0.1) is 5.02 Å². The van der Waals surface area contributed by atoms with Gasteiger partial charge in [0.1, 0.15) is 24.0 Å². The van der Waals surface area contributed by atoms with Crippen molar-refractivity contribution in [3.8, 4) is 11.8 Å². The number of nitrogens with one attached hydrogen (secondary N) is 1. The van der Waals surface area contributed by atoms with E-state index in [4.69, 9.17) is 27.9 Å². The van der Waals surface area contributed by atoms with E-state index in [1.807, 2.05) is 44.2 Å². The highest BCUT2D eigenvalue weighted by Crippen LogP contribution is 2.28. The van der Waals surface area contributed by atoms with Gasteiger partial charge in [0, 0.05) is 10.7 Å². The molecule has 0 saturated heterocycles. The molecular weight excluding hydrogens is 431 g/mol. The fourth-order valence-electron chi connectivity index (χ4n) is 2.92. The third-order valence-electron chi connectivity index (χ3n) is 4.56. The Kier molecular flexibility index (Phi) is 7.36. The van der Waals surface area contributed by atoms with Gasteiger partial charge in [-0.25, -0.2) is 0 Å². The molecule has 6 heteroatoms. The van der Waals surface area contributed by atoms with Gasteiger partial charge in [-0.15, -0.1) is 0 Å². The van der Waals surface area contributed by atoms with Crippen molar-refractivity contribution in [3.63, 3.8) is 0 Å². The monoisotopic (exact) mass is 450 g/mol. The van der Waals surface area contributed by atoms with E-state index in [0.29, 0.717) is 33.7 Å². The quantitative estimate of drug-likeness (QED) is 0.334. The van der Waals surface area contributed by atoms with Crippen LogP contribution in [-0.4, -0.2) is 5.91 Å². The molecule has 0 unspecified atom stereocenters. The van der Waals surface area contributed by atoms with E-state index < -0.39 is 5.91 Å². The van der Waals surface area contributed by atoms with Crippen LogP contribution in [0.25, 0.3) is 6.08 Å². The predicted molar refractivity (Wildman–Crippen MR) is 125 cm³/mol. The SMILES string of the molecule is Cc1cccc(COc2ccc(/C=C(\C#N)C(=O)Nc3cc(Cl)ccc3C)cc2Cl)c1. The van der Waals surface area contributed by atoms with Crippen molar-refractivity contribution in [2.75, 3.05) is 5.32 Å². The standard InChI is InChI=1S/C25H20Cl2N2O2/c1-16-4-3-5-19(10-16)15-31-24-9-7-18(12-22(24)27)11-20(14-28)25(30)29-23-13-21(26)8-6-17(23)2/h3-13H,15H2,1-2H3,(H,29,30)/b20-11+. The van der Waals surface area contributed by atoms with Crippen molar-refractivity contribution < 1.29 is 9.53 Å². The first-order chi connectivity index (χ1) is 14.9.